The molecular weight excluding hydrogens is 424 g/mol. The summed E-state index contributed by atoms with van der Waals surface area (Å²) in [6, 6.07) is 13.8. The van der Waals surface area contributed by atoms with E-state index in [4.69, 9.17) is 11.6 Å². The molecule has 0 bridgehead atoms. The summed E-state index contributed by atoms with van der Waals surface area (Å²) in [4.78, 5) is 6.52. The van der Waals surface area contributed by atoms with Crippen molar-refractivity contribution >= 4 is 39.1 Å². The molecule has 0 atom stereocenters. The summed E-state index contributed by atoms with van der Waals surface area (Å²) in [5.41, 5.74) is 1.10. The van der Waals surface area contributed by atoms with Crippen LogP contribution < -0.4 is 10.2 Å². The first-order valence-corrected chi connectivity index (χ1v) is 11.3. The van der Waals surface area contributed by atoms with Crippen LogP contribution in [0.4, 0.5) is 17.5 Å². The quantitative estimate of drug-likeness (QED) is 0.646. The fourth-order valence-corrected chi connectivity index (χ4v) is 4.76. The number of nitrogens with one attached hydrogen (secondary N) is 1. The van der Waals surface area contributed by atoms with Crippen molar-refractivity contribution in [2.45, 2.75) is 11.8 Å². The van der Waals surface area contributed by atoms with Gasteiger partial charge in [-0.05, 0) is 61.0 Å². The van der Waals surface area contributed by atoms with Crippen LogP contribution >= 0.6 is 11.6 Å². The molecule has 0 radical (unpaired) electrons. The molecule has 1 aliphatic heterocycles. The van der Waals surface area contributed by atoms with Crippen molar-refractivity contribution in [1.82, 2.24) is 19.5 Å². The van der Waals surface area contributed by atoms with Crippen molar-refractivity contribution in [3.63, 3.8) is 0 Å². The number of pyridine rings is 1. The second-order valence-electron chi connectivity index (χ2n) is 6.97. The normalized spacial score (nSPS) is 15.2. The minimum Gasteiger partial charge on any atom is -0.352 e. The van der Waals surface area contributed by atoms with Crippen molar-refractivity contribution in [2.24, 2.45) is 0 Å². The molecule has 3 heterocycles. The number of halogens is 1. The largest absolute Gasteiger partial charge is 0.352 e. The third-order valence-electron chi connectivity index (χ3n) is 4.84. The molecule has 0 aliphatic carbocycles. The summed E-state index contributed by atoms with van der Waals surface area (Å²) in [7, 11) is -3.53. The van der Waals surface area contributed by atoms with E-state index in [1.165, 1.54) is 16.4 Å². The highest BCUT2D eigenvalue weighted by atomic mass is 35.5. The molecule has 8 nitrogen and oxygen atoms in total. The van der Waals surface area contributed by atoms with Gasteiger partial charge in [-0.3, -0.25) is 0 Å². The fraction of sp³-hybridized carbons (Fsp3) is 0.250. The number of aryl methyl sites for hydroxylation is 1. The van der Waals surface area contributed by atoms with Crippen LogP contribution in [-0.2, 0) is 10.0 Å². The van der Waals surface area contributed by atoms with Gasteiger partial charge in [-0.25, -0.2) is 13.4 Å². The Hall–Kier alpha value is -2.75. The number of benzene rings is 1. The first-order chi connectivity index (χ1) is 14.4. The second-order valence-corrected chi connectivity index (χ2v) is 9.34. The van der Waals surface area contributed by atoms with Crippen LogP contribution in [0.2, 0.25) is 5.02 Å². The van der Waals surface area contributed by atoms with E-state index in [1.54, 1.807) is 18.3 Å². The molecule has 2 aromatic heterocycles. The molecule has 1 N–H and O–H groups in total. The minimum absolute atomic E-state index is 0.250. The molecule has 1 fully saturated rings. The number of rotatable bonds is 5. The molecule has 1 saturated heterocycles. The van der Waals surface area contributed by atoms with Gasteiger partial charge >= 0.3 is 0 Å². The van der Waals surface area contributed by atoms with Crippen molar-refractivity contribution in [2.75, 3.05) is 36.4 Å². The van der Waals surface area contributed by atoms with E-state index in [1.807, 2.05) is 36.1 Å². The van der Waals surface area contributed by atoms with Gasteiger partial charge in [0.1, 0.15) is 5.82 Å². The van der Waals surface area contributed by atoms with Crippen LogP contribution in [0.1, 0.15) is 5.56 Å². The summed E-state index contributed by atoms with van der Waals surface area (Å²) in [5.74, 6) is 2.01. The number of hydrogen-bond donors (Lipinski definition) is 1. The van der Waals surface area contributed by atoms with Gasteiger partial charge in [0.05, 0.1) is 4.90 Å². The number of anilines is 3. The molecule has 10 heteroatoms. The van der Waals surface area contributed by atoms with E-state index >= 15 is 0 Å². The van der Waals surface area contributed by atoms with E-state index in [0.29, 0.717) is 48.7 Å². The van der Waals surface area contributed by atoms with Gasteiger partial charge in [0.15, 0.2) is 11.6 Å². The number of hydrogen-bond acceptors (Lipinski definition) is 7. The van der Waals surface area contributed by atoms with Crippen molar-refractivity contribution < 1.29 is 8.42 Å². The van der Waals surface area contributed by atoms with Gasteiger partial charge in [-0.15, -0.1) is 10.2 Å². The topological polar surface area (TPSA) is 91.3 Å². The summed E-state index contributed by atoms with van der Waals surface area (Å²) in [5, 5.41) is 12.1. The number of aromatic nitrogens is 3. The van der Waals surface area contributed by atoms with E-state index < -0.39 is 10.0 Å². The Morgan fingerprint density at radius 2 is 1.67 bits per heavy atom. The number of piperazine rings is 1. The lowest BCUT2D eigenvalue weighted by Gasteiger charge is -2.34. The van der Waals surface area contributed by atoms with Crippen LogP contribution in [0.15, 0.2) is 59.6 Å². The Labute approximate surface area is 180 Å². The summed E-state index contributed by atoms with van der Waals surface area (Å²) in [6.07, 6.45) is 1.73. The van der Waals surface area contributed by atoms with E-state index in [2.05, 4.69) is 20.5 Å². The molecule has 0 unspecified atom stereocenters. The Morgan fingerprint density at radius 3 is 2.30 bits per heavy atom. The Bertz CT molecular complexity index is 1110. The number of sulfonamides is 1. The first kappa shape index (κ1) is 20.5. The van der Waals surface area contributed by atoms with Gasteiger partial charge in [-0.1, -0.05) is 11.6 Å². The van der Waals surface area contributed by atoms with Gasteiger partial charge in [0, 0.05) is 37.4 Å². The van der Waals surface area contributed by atoms with Gasteiger partial charge in [0.2, 0.25) is 10.0 Å². The minimum atomic E-state index is -3.53. The lowest BCUT2D eigenvalue weighted by atomic mass is 10.3. The zero-order chi connectivity index (χ0) is 21.1. The first-order valence-electron chi connectivity index (χ1n) is 9.46. The summed E-state index contributed by atoms with van der Waals surface area (Å²) in [6.45, 7) is 3.82. The number of nitrogens with zero attached hydrogens (tertiary/aromatic N) is 5. The Balaban J connectivity index is 1.38. The van der Waals surface area contributed by atoms with Crippen LogP contribution in [0, 0.1) is 6.92 Å². The fourth-order valence-electron chi connectivity index (χ4n) is 3.21. The standard InChI is InChI=1S/C20H21ClN6O2S/c1-15-8-9-22-19(14-15)23-18-6-7-20(25-24-18)26-10-12-27(13-11-26)30(28,29)17-4-2-16(21)3-5-17/h2-9,14H,10-13H2,1H3,(H,22,23,24). The van der Waals surface area contributed by atoms with Crippen LogP contribution in [-0.4, -0.2) is 54.1 Å². The van der Waals surface area contributed by atoms with Gasteiger partial charge in [0.25, 0.3) is 0 Å². The smallest absolute Gasteiger partial charge is 0.243 e. The second kappa shape index (κ2) is 8.55. The van der Waals surface area contributed by atoms with E-state index in [9.17, 15) is 8.42 Å². The molecule has 0 amide bonds. The molecule has 4 rings (SSSR count). The van der Waals surface area contributed by atoms with Crippen LogP contribution in [0.25, 0.3) is 0 Å². The molecular formula is C20H21ClN6O2S. The third-order valence-corrected chi connectivity index (χ3v) is 7.00. The zero-order valence-electron chi connectivity index (χ0n) is 16.4. The average Bonchev–Trinajstić information content (AvgIpc) is 2.75. The lowest BCUT2D eigenvalue weighted by Crippen LogP contribution is -2.48. The molecule has 1 aliphatic rings. The molecule has 156 valence electrons. The maximum atomic E-state index is 12.8. The zero-order valence-corrected chi connectivity index (χ0v) is 17.9. The predicted molar refractivity (Wildman–Crippen MR) is 117 cm³/mol. The highest BCUT2D eigenvalue weighted by molar-refractivity contribution is 7.89. The Morgan fingerprint density at radius 1 is 0.933 bits per heavy atom. The average molecular weight is 445 g/mol. The molecule has 0 saturated carbocycles. The molecule has 0 spiro atoms. The Kier molecular flexibility index (Phi) is 5.85. The van der Waals surface area contributed by atoms with Crippen molar-refractivity contribution in [1.29, 1.82) is 0 Å². The monoisotopic (exact) mass is 444 g/mol. The molecule has 3 aromatic rings. The SMILES string of the molecule is Cc1ccnc(Nc2ccc(N3CCN(S(=O)(=O)c4ccc(Cl)cc4)CC3)nn2)c1. The van der Waals surface area contributed by atoms with Crippen LogP contribution in [0.3, 0.4) is 0 Å². The summed E-state index contributed by atoms with van der Waals surface area (Å²) < 4.78 is 27.1. The van der Waals surface area contributed by atoms with Crippen molar-refractivity contribution in [3.8, 4) is 0 Å². The highest BCUT2D eigenvalue weighted by Crippen LogP contribution is 2.22. The maximum absolute atomic E-state index is 12.8. The van der Waals surface area contributed by atoms with E-state index in [0.717, 1.165) is 5.56 Å². The van der Waals surface area contributed by atoms with Gasteiger partial charge < -0.3 is 10.2 Å². The predicted octanol–water partition coefficient (Wildman–Crippen LogP) is 3.09. The molecule has 30 heavy (non-hydrogen) atoms. The highest BCUT2D eigenvalue weighted by Gasteiger charge is 2.29. The third kappa shape index (κ3) is 4.53. The van der Waals surface area contributed by atoms with Crippen molar-refractivity contribution in [3.05, 3.63) is 65.3 Å². The van der Waals surface area contributed by atoms with Gasteiger partial charge in [-0.2, -0.15) is 4.31 Å². The van der Waals surface area contributed by atoms with E-state index in [-0.39, 0.29) is 4.90 Å². The lowest BCUT2D eigenvalue weighted by molar-refractivity contribution is 0.383. The van der Waals surface area contributed by atoms with Crippen LogP contribution in [0.5, 0.6) is 0 Å². The maximum Gasteiger partial charge on any atom is 0.243 e. The molecule has 1 aromatic carbocycles. The summed E-state index contributed by atoms with van der Waals surface area (Å²) >= 11 is 5.86.